The van der Waals surface area contributed by atoms with E-state index in [-0.39, 0.29) is 0 Å². The van der Waals surface area contributed by atoms with E-state index < -0.39 is 0 Å². The zero-order valence-electron chi connectivity index (χ0n) is 10.1. The lowest BCUT2D eigenvalue weighted by atomic mass is 10.3. The van der Waals surface area contributed by atoms with Crippen LogP contribution >= 0.6 is 11.6 Å². The van der Waals surface area contributed by atoms with E-state index in [1.54, 1.807) is 18.5 Å². The lowest BCUT2D eigenvalue weighted by molar-refractivity contribution is 0.339. The number of ether oxygens (including phenoxy) is 2. The van der Waals surface area contributed by atoms with Gasteiger partial charge in [0.15, 0.2) is 0 Å². The highest BCUT2D eigenvalue weighted by atomic mass is 35.5. The lowest BCUT2D eigenvalue weighted by Crippen LogP contribution is -1.92. The molecule has 0 atom stereocenters. The van der Waals surface area contributed by atoms with Crippen molar-refractivity contribution >= 4 is 11.6 Å². The Morgan fingerprint density at radius 2 is 1.83 bits per heavy atom. The number of hydrogen-bond donors (Lipinski definition) is 0. The maximum absolute atomic E-state index is 5.82. The Labute approximate surface area is 111 Å². The standard InChI is InChI=1S/C14H14ClNO2/c1-2-17-12-3-5-13(6-4-12)18-14-7-8-16-10-11(14)9-15/h3-8,10H,2,9H2,1H3. The summed E-state index contributed by atoms with van der Waals surface area (Å²) in [6, 6.07) is 9.28. The minimum absolute atomic E-state index is 0.375. The molecule has 2 rings (SSSR count). The number of pyridine rings is 1. The van der Waals surface area contributed by atoms with Gasteiger partial charge in [0.2, 0.25) is 0 Å². The van der Waals surface area contributed by atoms with E-state index in [0.29, 0.717) is 12.5 Å². The zero-order chi connectivity index (χ0) is 12.8. The largest absolute Gasteiger partial charge is 0.494 e. The molecule has 0 saturated heterocycles. The average molecular weight is 264 g/mol. The van der Waals surface area contributed by atoms with Gasteiger partial charge < -0.3 is 9.47 Å². The van der Waals surface area contributed by atoms with Crippen LogP contribution in [0.1, 0.15) is 12.5 Å². The summed E-state index contributed by atoms with van der Waals surface area (Å²) in [6.45, 7) is 2.61. The summed E-state index contributed by atoms with van der Waals surface area (Å²) >= 11 is 5.82. The fraction of sp³-hybridized carbons (Fsp3) is 0.214. The minimum atomic E-state index is 0.375. The normalized spacial score (nSPS) is 10.1. The van der Waals surface area contributed by atoms with Crippen molar-refractivity contribution in [3.63, 3.8) is 0 Å². The van der Waals surface area contributed by atoms with Crippen LogP contribution in [0, 0.1) is 0 Å². The smallest absolute Gasteiger partial charge is 0.134 e. The Balaban J connectivity index is 2.13. The van der Waals surface area contributed by atoms with E-state index >= 15 is 0 Å². The number of rotatable bonds is 5. The summed E-state index contributed by atoms with van der Waals surface area (Å²) < 4.78 is 11.1. The quantitative estimate of drug-likeness (QED) is 0.764. The number of aromatic nitrogens is 1. The van der Waals surface area contributed by atoms with Gasteiger partial charge in [0, 0.05) is 18.0 Å². The molecule has 0 fully saturated rings. The Morgan fingerprint density at radius 3 is 2.50 bits per heavy atom. The lowest BCUT2D eigenvalue weighted by Gasteiger charge is -2.09. The van der Waals surface area contributed by atoms with Gasteiger partial charge in [0.25, 0.3) is 0 Å². The Hall–Kier alpha value is -1.74. The van der Waals surface area contributed by atoms with Crippen LogP contribution in [0.3, 0.4) is 0 Å². The summed E-state index contributed by atoms with van der Waals surface area (Å²) in [6.07, 6.45) is 3.39. The van der Waals surface area contributed by atoms with Crippen LogP contribution in [0.5, 0.6) is 17.2 Å². The van der Waals surface area contributed by atoms with Crippen LogP contribution in [0.15, 0.2) is 42.7 Å². The predicted molar refractivity (Wildman–Crippen MR) is 71.5 cm³/mol. The Morgan fingerprint density at radius 1 is 1.11 bits per heavy atom. The first-order valence-electron chi connectivity index (χ1n) is 5.73. The summed E-state index contributed by atoms with van der Waals surface area (Å²) in [5.74, 6) is 2.68. The SMILES string of the molecule is CCOc1ccc(Oc2ccncc2CCl)cc1. The van der Waals surface area contributed by atoms with Crippen molar-refractivity contribution in [3.05, 3.63) is 48.3 Å². The third-order valence-electron chi connectivity index (χ3n) is 2.37. The summed E-state index contributed by atoms with van der Waals surface area (Å²) in [7, 11) is 0. The molecule has 0 spiro atoms. The highest BCUT2D eigenvalue weighted by Gasteiger charge is 2.04. The number of benzene rings is 1. The molecule has 94 valence electrons. The molecule has 0 N–H and O–H groups in total. The van der Waals surface area contributed by atoms with Gasteiger partial charge in [-0.25, -0.2) is 0 Å². The van der Waals surface area contributed by atoms with E-state index in [1.807, 2.05) is 31.2 Å². The third kappa shape index (κ3) is 3.14. The molecule has 2 aromatic rings. The second-order valence-corrected chi connectivity index (χ2v) is 3.89. The molecule has 0 bridgehead atoms. The van der Waals surface area contributed by atoms with Gasteiger partial charge in [-0.1, -0.05) is 0 Å². The molecule has 1 aromatic heterocycles. The predicted octanol–water partition coefficient (Wildman–Crippen LogP) is 4.01. The van der Waals surface area contributed by atoms with Crippen LogP contribution in [0.4, 0.5) is 0 Å². The van der Waals surface area contributed by atoms with Crippen LogP contribution in [0.2, 0.25) is 0 Å². The molecular weight excluding hydrogens is 250 g/mol. The molecule has 1 aromatic carbocycles. The molecule has 4 heteroatoms. The van der Waals surface area contributed by atoms with E-state index in [2.05, 4.69) is 4.98 Å². The Kier molecular flexibility index (Phi) is 4.42. The topological polar surface area (TPSA) is 31.4 Å². The van der Waals surface area contributed by atoms with Gasteiger partial charge in [-0.15, -0.1) is 11.6 Å². The molecule has 1 heterocycles. The second-order valence-electron chi connectivity index (χ2n) is 3.62. The van der Waals surface area contributed by atoms with Crippen molar-refractivity contribution in [2.24, 2.45) is 0 Å². The van der Waals surface area contributed by atoms with Gasteiger partial charge in [0.05, 0.1) is 12.5 Å². The fourth-order valence-electron chi connectivity index (χ4n) is 1.51. The van der Waals surface area contributed by atoms with Crippen molar-refractivity contribution in [1.29, 1.82) is 0 Å². The van der Waals surface area contributed by atoms with Crippen molar-refractivity contribution in [1.82, 2.24) is 4.98 Å². The third-order valence-corrected chi connectivity index (χ3v) is 2.65. The summed E-state index contributed by atoms with van der Waals surface area (Å²) in [5.41, 5.74) is 0.869. The molecule has 0 aliphatic heterocycles. The molecule has 3 nitrogen and oxygen atoms in total. The zero-order valence-corrected chi connectivity index (χ0v) is 10.9. The Bertz CT molecular complexity index is 499. The van der Waals surface area contributed by atoms with Crippen LogP contribution in [-0.4, -0.2) is 11.6 Å². The minimum Gasteiger partial charge on any atom is -0.494 e. The first-order chi connectivity index (χ1) is 8.83. The van der Waals surface area contributed by atoms with Crippen molar-refractivity contribution in [2.75, 3.05) is 6.61 Å². The molecule has 0 amide bonds. The maximum Gasteiger partial charge on any atom is 0.134 e. The van der Waals surface area contributed by atoms with Gasteiger partial charge in [-0.2, -0.15) is 0 Å². The highest BCUT2D eigenvalue weighted by Crippen LogP contribution is 2.27. The van der Waals surface area contributed by atoms with Gasteiger partial charge >= 0.3 is 0 Å². The van der Waals surface area contributed by atoms with Crippen molar-refractivity contribution in [2.45, 2.75) is 12.8 Å². The van der Waals surface area contributed by atoms with Gasteiger partial charge in [-0.05, 0) is 37.3 Å². The molecule has 0 saturated carbocycles. The molecule has 0 radical (unpaired) electrons. The second kappa shape index (κ2) is 6.26. The van der Waals surface area contributed by atoms with E-state index in [9.17, 15) is 0 Å². The molecule has 0 aliphatic rings. The number of hydrogen-bond acceptors (Lipinski definition) is 3. The number of halogens is 1. The van der Waals surface area contributed by atoms with Gasteiger partial charge in [-0.3, -0.25) is 4.98 Å². The maximum atomic E-state index is 5.82. The molecular formula is C14H14ClNO2. The first kappa shape index (κ1) is 12.7. The van der Waals surface area contributed by atoms with Crippen molar-refractivity contribution < 1.29 is 9.47 Å². The molecule has 0 unspecified atom stereocenters. The van der Waals surface area contributed by atoms with E-state index in [4.69, 9.17) is 21.1 Å². The van der Waals surface area contributed by atoms with E-state index in [1.165, 1.54) is 0 Å². The highest BCUT2D eigenvalue weighted by molar-refractivity contribution is 6.17. The van der Waals surface area contributed by atoms with Gasteiger partial charge in [0.1, 0.15) is 17.2 Å². The van der Waals surface area contributed by atoms with Crippen LogP contribution in [-0.2, 0) is 5.88 Å². The summed E-state index contributed by atoms with van der Waals surface area (Å²) in [4.78, 5) is 4.01. The monoisotopic (exact) mass is 263 g/mol. The van der Waals surface area contributed by atoms with E-state index in [0.717, 1.165) is 22.8 Å². The summed E-state index contributed by atoms with van der Waals surface area (Å²) in [5, 5.41) is 0. The van der Waals surface area contributed by atoms with Crippen LogP contribution < -0.4 is 9.47 Å². The molecule has 18 heavy (non-hydrogen) atoms. The number of nitrogens with zero attached hydrogens (tertiary/aromatic N) is 1. The van der Waals surface area contributed by atoms with Crippen LogP contribution in [0.25, 0.3) is 0 Å². The average Bonchev–Trinajstić information content (AvgIpc) is 2.42. The fourth-order valence-corrected chi connectivity index (χ4v) is 1.71. The first-order valence-corrected chi connectivity index (χ1v) is 6.26. The van der Waals surface area contributed by atoms with Crippen molar-refractivity contribution in [3.8, 4) is 17.2 Å². The molecule has 0 aliphatic carbocycles. The number of alkyl halides is 1.